The van der Waals surface area contributed by atoms with Crippen LogP contribution in [0.15, 0.2) is 34.9 Å². The molecule has 19 heavy (non-hydrogen) atoms. The highest BCUT2D eigenvalue weighted by Crippen LogP contribution is 2.27. The lowest BCUT2D eigenvalue weighted by atomic mass is 10.2. The van der Waals surface area contributed by atoms with Crippen LogP contribution in [-0.2, 0) is 13.6 Å². The average molecular weight is 320 g/mol. The maximum Gasteiger partial charge on any atom is 0.121 e. The Kier molecular flexibility index (Phi) is 4.13. The molecular weight excluding hydrogens is 306 g/mol. The lowest BCUT2D eigenvalue weighted by Gasteiger charge is -2.09. The Balaban J connectivity index is 2.12. The molecule has 0 aliphatic heterocycles. The van der Waals surface area contributed by atoms with Crippen molar-refractivity contribution in [2.45, 2.75) is 6.54 Å². The number of aromatic nitrogens is 1. The topological polar surface area (TPSA) is 50.0 Å². The zero-order chi connectivity index (χ0) is 13.8. The molecule has 2 rings (SSSR count). The minimum atomic E-state index is 0.654. The molecule has 4 nitrogen and oxygen atoms in total. The number of rotatable bonds is 4. The van der Waals surface area contributed by atoms with Crippen LogP contribution in [0.1, 0.15) is 11.3 Å². The third kappa shape index (κ3) is 3.09. The fourth-order valence-corrected chi connectivity index (χ4v) is 2.19. The number of nitrogens with one attached hydrogen (secondary N) is 1. The lowest BCUT2D eigenvalue weighted by Crippen LogP contribution is -1.99. The molecule has 0 radical (unpaired) electrons. The highest BCUT2D eigenvalue weighted by molar-refractivity contribution is 9.10. The maximum atomic E-state index is 8.91. The van der Waals surface area contributed by atoms with Crippen molar-refractivity contribution in [3.8, 4) is 11.8 Å². The van der Waals surface area contributed by atoms with Crippen molar-refractivity contribution in [3.05, 3.63) is 46.2 Å². The van der Waals surface area contributed by atoms with E-state index in [9.17, 15) is 0 Å². The Bertz CT molecular complexity index is 628. The molecule has 0 bridgehead atoms. The summed E-state index contributed by atoms with van der Waals surface area (Å²) in [6, 6.07) is 9.79. The zero-order valence-corrected chi connectivity index (χ0v) is 12.4. The van der Waals surface area contributed by atoms with Crippen LogP contribution in [0, 0.1) is 11.3 Å². The van der Waals surface area contributed by atoms with Gasteiger partial charge in [0.1, 0.15) is 17.5 Å². The van der Waals surface area contributed by atoms with Crippen molar-refractivity contribution in [3.63, 3.8) is 0 Å². The predicted octanol–water partition coefficient (Wildman–Crippen LogP) is 3.28. The number of nitrogens with zero attached hydrogens (tertiary/aromatic N) is 2. The third-order valence-corrected chi connectivity index (χ3v) is 3.52. The number of benzene rings is 1. The summed E-state index contributed by atoms with van der Waals surface area (Å²) in [5, 5.41) is 12.2. The number of hydrogen-bond donors (Lipinski definition) is 1. The van der Waals surface area contributed by atoms with Crippen LogP contribution in [0.5, 0.6) is 5.75 Å². The molecule has 0 atom stereocenters. The molecule has 1 aromatic carbocycles. The summed E-state index contributed by atoms with van der Waals surface area (Å²) in [7, 11) is 3.51. The van der Waals surface area contributed by atoms with Crippen LogP contribution in [0.4, 0.5) is 5.69 Å². The average Bonchev–Trinajstić information content (AvgIpc) is 2.78. The molecular formula is C14H14BrN3O. The number of methoxy groups -OCH3 is 1. The van der Waals surface area contributed by atoms with Gasteiger partial charge < -0.3 is 14.6 Å². The Hall–Kier alpha value is -1.93. The van der Waals surface area contributed by atoms with E-state index in [2.05, 4.69) is 27.3 Å². The fourth-order valence-electron chi connectivity index (χ4n) is 1.80. The van der Waals surface area contributed by atoms with E-state index in [1.807, 2.05) is 42.1 Å². The molecule has 0 saturated heterocycles. The molecule has 1 heterocycles. The van der Waals surface area contributed by atoms with E-state index in [0.29, 0.717) is 12.2 Å². The van der Waals surface area contributed by atoms with Gasteiger partial charge in [-0.2, -0.15) is 5.26 Å². The van der Waals surface area contributed by atoms with Crippen molar-refractivity contribution in [1.82, 2.24) is 4.57 Å². The van der Waals surface area contributed by atoms with E-state index in [0.717, 1.165) is 21.5 Å². The number of halogens is 1. The second-order valence-corrected chi connectivity index (χ2v) is 5.01. The molecule has 1 N–H and O–H groups in total. The molecule has 0 unspecified atom stereocenters. The maximum absolute atomic E-state index is 8.91. The summed E-state index contributed by atoms with van der Waals surface area (Å²) < 4.78 is 7.99. The van der Waals surface area contributed by atoms with Crippen molar-refractivity contribution < 1.29 is 4.74 Å². The Labute approximate surface area is 120 Å². The number of anilines is 1. The van der Waals surface area contributed by atoms with E-state index in [1.165, 1.54) is 0 Å². The molecule has 0 amide bonds. The third-order valence-electron chi connectivity index (χ3n) is 2.83. The Morgan fingerprint density at radius 3 is 2.84 bits per heavy atom. The van der Waals surface area contributed by atoms with Crippen LogP contribution in [0.25, 0.3) is 0 Å². The summed E-state index contributed by atoms with van der Waals surface area (Å²) in [5.74, 6) is 0.802. The van der Waals surface area contributed by atoms with Gasteiger partial charge in [-0.1, -0.05) is 0 Å². The first-order valence-electron chi connectivity index (χ1n) is 5.77. The van der Waals surface area contributed by atoms with E-state index in [-0.39, 0.29) is 0 Å². The predicted molar refractivity (Wildman–Crippen MR) is 78.1 cm³/mol. The van der Waals surface area contributed by atoms with Gasteiger partial charge in [0.05, 0.1) is 12.8 Å². The van der Waals surface area contributed by atoms with E-state index < -0.39 is 0 Å². The van der Waals surface area contributed by atoms with Gasteiger partial charge in [-0.15, -0.1) is 0 Å². The number of ether oxygens (including phenoxy) is 1. The molecule has 0 spiro atoms. The zero-order valence-electron chi connectivity index (χ0n) is 10.8. The van der Waals surface area contributed by atoms with Gasteiger partial charge in [0.25, 0.3) is 0 Å². The summed E-state index contributed by atoms with van der Waals surface area (Å²) in [4.78, 5) is 0. The second-order valence-electron chi connectivity index (χ2n) is 4.16. The Morgan fingerprint density at radius 1 is 1.42 bits per heavy atom. The Morgan fingerprint density at radius 2 is 2.21 bits per heavy atom. The first kappa shape index (κ1) is 13.5. The van der Waals surface area contributed by atoms with Crippen molar-refractivity contribution >= 4 is 21.6 Å². The first-order valence-corrected chi connectivity index (χ1v) is 6.56. The minimum Gasteiger partial charge on any atom is -0.497 e. The van der Waals surface area contributed by atoms with Gasteiger partial charge in [-0.25, -0.2) is 0 Å². The van der Waals surface area contributed by atoms with Gasteiger partial charge in [0.15, 0.2) is 0 Å². The molecule has 2 aromatic rings. The molecule has 1 aromatic heterocycles. The van der Waals surface area contributed by atoms with Gasteiger partial charge in [-0.05, 0) is 39.7 Å². The van der Waals surface area contributed by atoms with Crippen molar-refractivity contribution in [2.75, 3.05) is 12.4 Å². The molecule has 98 valence electrons. The fraction of sp³-hybridized carbons (Fsp3) is 0.214. The highest BCUT2D eigenvalue weighted by atomic mass is 79.9. The molecule has 0 fully saturated rings. The van der Waals surface area contributed by atoms with E-state index >= 15 is 0 Å². The standard InChI is InChI=1S/C14H14BrN3O/c1-18-9-10(5-11(18)7-16)8-17-14-6-12(19-2)3-4-13(14)15/h3-6,9,17H,8H2,1-2H3. The number of nitriles is 1. The smallest absolute Gasteiger partial charge is 0.121 e. The van der Waals surface area contributed by atoms with Gasteiger partial charge in [-0.3, -0.25) is 0 Å². The highest BCUT2D eigenvalue weighted by Gasteiger charge is 2.05. The molecule has 0 saturated carbocycles. The van der Waals surface area contributed by atoms with E-state index in [4.69, 9.17) is 10.00 Å². The summed E-state index contributed by atoms with van der Waals surface area (Å²) >= 11 is 3.49. The second kappa shape index (κ2) is 5.81. The quantitative estimate of drug-likeness (QED) is 0.940. The number of aryl methyl sites for hydroxylation is 1. The normalized spacial score (nSPS) is 10.0. The summed E-state index contributed by atoms with van der Waals surface area (Å²) in [6.07, 6.45) is 1.94. The SMILES string of the molecule is COc1ccc(Br)c(NCc2cc(C#N)n(C)c2)c1. The van der Waals surface area contributed by atoms with E-state index in [1.54, 1.807) is 7.11 Å². The van der Waals surface area contributed by atoms with Crippen LogP contribution in [-0.4, -0.2) is 11.7 Å². The van der Waals surface area contributed by atoms with Gasteiger partial charge in [0, 0.05) is 30.3 Å². The van der Waals surface area contributed by atoms with Crippen molar-refractivity contribution in [1.29, 1.82) is 5.26 Å². The van der Waals surface area contributed by atoms with Crippen LogP contribution < -0.4 is 10.1 Å². The van der Waals surface area contributed by atoms with Gasteiger partial charge in [0.2, 0.25) is 0 Å². The molecule has 5 heteroatoms. The number of hydrogen-bond acceptors (Lipinski definition) is 3. The largest absolute Gasteiger partial charge is 0.497 e. The summed E-state index contributed by atoms with van der Waals surface area (Å²) in [6.45, 7) is 0.654. The van der Waals surface area contributed by atoms with Crippen LogP contribution in [0.2, 0.25) is 0 Å². The summed E-state index contributed by atoms with van der Waals surface area (Å²) in [5.41, 5.74) is 2.68. The first-order chi connectivity index (χ1) is 9.13. The lowest BCUT2D eigenvalue weighted by molar-refractivity contribution is 0.415. The van der Waals surface area contributed by atoms with Crippen molar-refractivity contribution in [2.24, 2.45) is 7.05 Å². The van der Waals surface area contributed by atoms with Gasteiger partial charge >= 0.3 is 0 Å². The van der Waals surface area contributed by atoms with Crippen LogP contribution >= 0.6 is 15.9 Å². The molecule has 0 aliphatic rings. The minimum absolute atomic E-state index is 0.654. The van der Waals surface area contributed by atoms with Crippen LogP contribution in [0.3, 0.4) is 0 Å². The monoisotopic (exact) mass is 319 g/mol. The molecule has 0 aliphatic carbocycles.